The summed E-state index contributed by atoms with van der Waals surface area (Å²) < 4.78 is 0. The van der Waals surface area contributed by atoms with Crippen molar-refractivity contribution in [2.45, 2.75) is 65.5 Å². The summed E-state index contributed by atoms with van der Waals surface area (Å²) in [5, 5.41) is 3.61. The van der Waals surface area contributed by atoms with Crippen LogP contribution in [0.1, 0.15) is 53.4 Å². The molecular formula is C14H30N2. The SMILES string of the molecule is CCC(CNCC(C)C)N1CCCCC1C. The molecular weight excluding hydrogens is 196 g/mol. The van der Waals surface area contributed by atoms with Crippen molar-refractivity contribution in [1.29, 1.82) is 0 Å². The normalized spacial score (nSPS) is 24.9. The van der Waals surface area contributed by atoms with E-state index < -0.39 is 0 Å². The van der Waals surface area contributed by atoms with E-state index in [2.05, 4.69) is 37.9 Å². The molecule has 2 atom stereocenters. The lowest BCUT2D eigenvalue weighted by Gasteiger charge is -2.39. The summed E-state index contributed by atoms with van der Waals surface area (Å²) in [4.78, 5) is 2.72. The van der Waals surface area contributed by atoms with Gasteiger partial charge in [0.25, 0.3) is 0 Å². The Morgan fingerprint density at radius 1 is 1.25 bits per heavy atom. The van der Waals surface area contributed by atoms with Crippen LogP contribution < -0.4 is 5.32 Å². The second-order valence-electron chi connectivity index (χ2n) is 5.70. The largest absolute Gasteiger partial charge is 0.315 e. The van der Waals surface area contributed by atoms with Crippen LogP contribution in [-0.2, 0) is 0 Å². The highest BCUT2D eigenvalue weighted by Crippen LogP contribution is 2.20. The molecule has 96 valence electrons. The predicted molar refractivity (Wildman–Crippen MR) is 71.8 cm³/mol. The second-order valence-corrected chi connectivity index (χ2v) is 5.70. The van der Waals surface area contributed by atoms with Gasteiger partial charge >= 0.3 is 0 Å². The lowest BCUT2D eigenvalue weighted by molar-refractivity contribution is 0.101. The van der Waals surface area contributed by atoms with Gasteiger partial charge in [0.2, 0.25) is 0 Å². The number of nitrogens with one attached hydrogen (secondary N) is 1. The number of hydrogen-bond acceptors (Lipinski definition) is 2. The van der Waals surface area contributed by atoms with E-state index in [0.29, 0.717) is 0 Å². The molecule has 2 nitrogen and oxygen atoms in total. The van der Waals surface area contributed by atoms with Crippen LogP contribution in [0.5, 0.6) is 0 Å². The molecule has 1 saturated heterocycles. The zero-order chi connectivity index (χ0) is 12.0. The van der Waals surface area contributed by atoms with E-state index in [4.69, 9.17) is 0 Å². The highest BCUT2D eigenvalue weighted by atomic mass is 15.2. The topological polar surface area (TPSA) is 15.3 Å². The first kappa shape index (κ1) is 14.0. The van der Waals surface area contributed by atoms with Crippen molar-refractivity contribution in [3.63, 3.8) is 0 Å². The van der Waals surface area contributed by atoms with Gasteiger partial charge in [-0.05, 0) is 45.2 Å². The van der Waals surface area contributed by atoms with E-state index >= 15 is 0 Å². The standard InChI is InChI=1S/C14H30N2/c1-5-14(11-15-10-12(2)3)16-9-7-6-8-13(16)4/h12-15H,5-11H2,1-4H3. The summed E-state index contributed by atoms with van der Waals surface area (Å²) in [6.45, 7) is 12.9. The van der Waals surface area contributed by atoms with Crippen molar-refractivity contribution in [2.75, 3.05) is 19.6 Å². The fourth-order valence-electron chi connectivity index (χ4n) is 2.70. The summed E-state index contributed by atoms with van der Waals surface area (Å²) in [6.07, 6.45) is 5.48. The Morgan fingerprint density at radius 2 is 2.00 bits per heavy atom. The maximum Gasteiger partial charge on any atom is 0.0220 e. The summed E-state index contributed by atoms with van der Waals surface area (Å²) in [5.74, 6) is 0.760. The van der Waals surface area contributed by atoms with Crippen LogP contribution in [0.2, 0.25) is 0 Å². The molecule has 0 radical (unpaired) electrons. The molecule has 1 heterocycles. The first-order valence-corrected chi connectivity index (χ1v) is 7.11. The van der Waals surface area contributed by atoms with Gasteiger partial charge < -0.3 is 5.32 Å². The van der Waals surface area contributed by atoms with E-state index in [-0.39, 0.29) is 0 Å². The van der Waals surface area contributed by atoms with E-state index in [1.54, 1.807) is 0 Å². The van der Waals surface area contributed by atoms with Gasteiger partial charge in [-0.2, -0.15) is 0 Å². The molecule has 0 aromatic heterocycles. The fourth-order valence-corrected chi connectivity index (χ4v) is 2.70. The van der Waals surface area contributed by atoms with E-state index in [0.717, 1.165) is 24.5 Å². The van der Waals surface area contributed by atoms with Crippen molar-refractivity contribution < 1.29 is 0 Å². The molecule has 1 fully saturated rings. The number of piperidine rings is 1. The van der Waals surface area contributed by atoms with Gasteiger partial charge in [0, 0.05) is 18.6 Å². The summed E-state index contributed by atoms with van der Waals surface area (Å²) >= 11 is 0. The minimum atomic E-state index is 0.744. The van der Waals surface area contributed by atoms with Crippen LogP contribution in [-0.4, -0.2) is 36.6 Å². The molecule has 0 amide bonds. The van der Waals surface area contributed by atoms with Gasteiger partial charge in [-0.25, -0.2) is 0 Å². The Morgan fingerprint density at radius 3 is 2.56 bits per heavy atom. The molecule has 0 spiro atoms. The van der Waals surface area contributed by atoms with Crippen molar-refractivity contribution in [3.8, 4) is 0 Å². The Labute approximate surface area is 102 Å². The first-order valence-electron chi connectivity index (χ1n) is 7.11. The van der Waals surface area contributed by atoms with Gasteiger partial charge in [0.05, 0.1) is 0 Å². The maximum atomic E-state index is 3.61. The van der Waals surface area contributed by atoms with Crippen LogP contribution in [0.3, 0.4) is 0 Å². The molecule has 0 saturated carbocycles. The average Bonchev–Trinajstić information content (AvgIpc) is 2.25. The predicted octanol–water partition coefficient (Wildman–Crippen LogP) is 2.89. The van der Waals surface area contributed by atoms with Crippen molar-refractivity contribution in [3.05, 3.63) is 0 Å². The molecule has 1 N–H and O–H groups in total. The van der Waals surface area contributed by atoms with E-state index in [9.17, 15) is 0 Å². The molecule has 16 heavy (non-hydrogen) atoms. The third kappa shape index (κ3) is 4.42. The Balaban J connectivity index is 2.33. The summed E-state index contributed by atoms with van der Waals surface area (Å²) in [7, 11) is 0. The average molecular weight is 226 g/mol. The first-order chi connectivity index (χ1) is 7.65. The lowest BCUT2D eigenvalue weighted by Crippen LogP contribution is -2.49. The third-order valence-electron chi connectivity index (χ3n) is 3.73. The molecule has 2 heteroatoms. The zero-order valence-electron chi connectivity index (χ0n) is 11.6. The van der Waals surface area contributed by atoms with Gasteiger partial charge in [0.1, 0.15) is 0 Å². The van der Waals surface area contributed by atoms with Crippen LogP contribution in [0.25, 0.3) is 0 Å². The maximum absolute atomic E-state index is 3.61. The number of rotatable bonds is 6. The van der Waals surface area contributed by atoms with Gasteiger partial charge in [-0.3, -0.25) is 4.90 Å². The highest BCUT2D eigenvalue weighted by Gasteiger charge is 2.24. The van der Waals surface area contributed by atoms with Crippen molar-refractivity contribution >= 4 is 0 Å². The lowest BCUT2D eigenvalue weighted by atomic mass is 10.00. The molecule has 0 aromatic rings. The molecule has 0 bridgehead atoms. The second kappa shape index (κ2) is 7.29. The Hall–Kier alpha value is -0.0800. The minimum Gasteiger partial charge on any atom is -0.315 e. The number of nitrogens with zero attached hydrogens (tertiary/aromatic N) is 1. The Bertz CT molecular complexity index is 180. The highest BCUT2D eigenvalue weighted by molar-refractivity contribution is 4.81. The van der Waals surface area contributed by atoms with E-state index in [1.807, 2.05) is 0 Å². The molecule has 1 aliphatic rings. The number of likely N-dealkylation sites (tertiary alicyclic amines) is 1. The van der Waals surface area contributed by atoms with Crippen molar-refractivity contribution in [1.82, 2.24) is 10.2 Å². The van der Waals surface area contributed by atoms with Crippen LogP contribution in [0.4, 0.5) is 0 Å². The molecule has 2 unspecified atom stereocenters. The van der Waals surface area contributed by atoms with E-state index in [1.165, 1.54) is 38.8 Å². The smallest absolute Gasteiger partial charge is 0.0220 e. The molecule has 1 aliphatic heterocycles. The minimum absolute atomic E-state index is 0.744. The van der Waals surface area contributed by atoms with Gasteiger partial charge in [-0.1, -0.05) is 27.2 Å². The summed E-state index contributed by atoms with van der Waals surface area (Å²) in [5.41, 5.74) is 0. The monoisotopic (exact) mass is 226 g/mol. The number of hydrogen-bond donors (Lipinski definition) is 1. The Kier molecular flexibility index (Phi) is 6.37. The van der Waals surface area contributed by atoms with Crippen LogP contribution >= 0.6 is 0 Å². The fraction of sp³-hybridized carbons (Fsp3) is 1.00. The molecule has 0 aliphatic carbocycles. The molecule has 0 aromatic carbocycles. The van der Waals surface area contributed by atoms with Gasteiger partial charge in [-0.15, -0.1) is 0 Å². The van der Waals surface area contributed by atoms with Crippen molar-refractivity contribution in [2.24, 2.45) is 5.92 Å². The molecule has 1 rings (SSSR count). The third-order valence-corrected chi connectivity index (χ3v) is 3.73. The summed E-state index contributed by atoms with van der Waals surface area (Å²) in [6, 6.07) is 1.54. The van der Waals surface area contributed by atoms with Crippen LogP contribution in [0, 0.1) is 5.92 Å². The van der Waals surface area contributed by atoms with Crippen LogP contribution in [0.15, 0.2) is 0 Å². The zero-order valence-corrected chi connectivity index (χ0v) is 11.6. The quantitative estimate of drug-likeness (QED) is 0.749. The van der Waals surface area contributed by atoms with Gasteiger partial charge in [0.15, 0.2) is 0 Å².